The maximum absolute atomic E-state index is 9.16. The highest BCUT2D eigenvalue weighted by atomic mass is 14.9. The molecule has 1 atom stereocenters. The zero-order valence-electron chi connectivity index (χ0n) is 10.8. The van der Waals surface area contributed by atoms with E-state index in [0.29, 0.717) is 0 Å². The lowest BCUT2D eigenvalue weighted by atomic mass is 10.1. The SMILES string of the molecule is N#CC(NCCCc1ccccc1)c1cccnc1. The Balaban J connectivity index is 1.77. The van der Waals surface area contributed by atoms with Crippen molar-refractivity contribution in [3.8, 4) is 6.07 Å². The van der Waals surface area contributed by atoms with Crippen LogP contribution >= 0.6 is 0 Å². The Kier molecular flexibility index (Phi) is 5.09. The van der Waals surface area contributed by atoms with Gasteiger partial charge in [0.25, 0.3) is 0 Å². The van der Waals surface area contributed by atoms with Gasteiger partial charge in [-0.1, -0.05) is 36.4 Å². The molecule has 0 spiro atoms. The van der Waals surface area contributed by atoms with Gasteiger partial charge in [-0.05, 0) is 31.0 Å². The van der Waals surface area contributed by atoms with Gasteiger partial charge in [-0.3, -0.25) is 10.3 Å². The van der Waals surface area contributed by atoms with E-state index in [9.17, 15) is 0 Å². The van der Waals surface area contributed by atoms with Crippen LogP contribution in [0.3, 0.4) is 0 Å². The van der Waals surface area contributed by atoms with Gasteiger partial charge in [0.2, 0.25) is 0 Å². The van der Waals surface area contributed by atoms with Crippen molar-refractivity contribution in [2.45, 2.75) is 18.9 Å². The van der Waals surface area contributed by atoms with Gasteiger partial charge < -0.3 is 0 Å². The van der Waals surface area contributed by atoms with E-state index in [4.69, 9.17) is 5.26 Å². The van der Waals surface area contributed by atoms with Crippen molar-refractivity contribution in [2.75, 3.05) is 6.54 Å². The Morgan fingerprint density at radius 2 is 2.00 bits per heavy atom. The molecule has 3 heteroatoms. The van der Waals surface area contributed by atoms with Gasteiger partial charge in [0.1, 0.15) is 6.04 Å². The van der Waals surface area contributed by atoms with Crippen molar-refractivity contribution in [1.82, 2.24) is 10.3 Å². The highest BCUT2D eigenvalue weighted by Gasteiger charge is 2.08. The lowest BCUT2D eigenvalue weighted by Gasteiger charge is -2.11. The van der Waals surface area contributed by atoms with Crippen LogP contribution in [0.5, 0.6) is 0 Å². The topological polar surface area (TPSA) is 48.7 Å². The molecule has 0 saturated carbocycles. The first-order valence-electron chi connectivity index (χ1n) is 6.47. The number of pyridine rings is 1. The fourth-order valence-corrected chi connectivity index (χ4v) is 1.97. The molecule has 2 aromatic rings. The molecule has 0 bridgehead atoms. The molecule has 1 aromatic heterocycles. The molecule has 96 valence electrons. The van der Waals surface area contributed by atoms with Gasteiger partial charge in [-0.25, -0.2) is 0 Å². The molecule has 0 radical (unpaired) electrons. The number of hydrogen-bond acceptors (Lipinski definition) is 3. The van der Waals surface area contributed by atoms with Crippen molar-refractivity contribution in [2.24, 2.45) is 0 Å². The molecule has 2 rings (SSSR count). The summed E-state index contributed by atoms with van der Waals surface area (Å²) in [4.78, 5) is 4.04. The predicted octanol–water partition coefficient (Wildman–Crippen LogP) is 2.87. The fraction of sp³-hybridized carbons (Fsp3) is 0.250. The minimum Gasteiger partial charge on any atom is -0.298 e. The third-order valence-corrected chi connectivity index (χ3v) is 2.98. The summed E-state index contributed by atoms with van der Waals surface area (Å²) < 4.78 is 0. The molecule has 0 amide bonds. The Morgan fingerprint density at radius 3 is 2.68 bits per heavy atom. The summed E-state index contributed by atoms with van der Waals surface area (Å²) in [5, 5.41) is 12.4. The van der Waals surface area contributed by atoms with Crippen LogP contribution in [0.4, 0.5) is 0 Å². The largest absolute Gasteiger partial charge is 0.298 e. The molecule has 19 heavy (non-hydrogen) atoms. The predicted molar refractivity (Wildman–Crippen MR) is 75.4 cm³/mol. The molecule has 3 nitrogen and oxygen atoms in total. The summed E-state index contributed by atoms with van der Waals surface area (Å²) in [6.45, 7) is 0.821. The summed E-state index contributed by atoms with van der Waals surface area (Å²) in [5.41, 5.74) is 2.25. The lowest BCUT2D eigenvalue weighted by Crippen LogP contribution is -2.21. The van der Waals surface area contributed by atoms with E-state index in [-0.39, 0.29) is 6.04 Å². The molecule has 0 fully saturated rings. The molecular formula is C16H17N3. The van der Waals surface area contributed by atoms with Gasteiger partial charge in [0, 0.05) is 18.0 Å². The maximum Gasteiger partial charge on any atom is 0.122 e. The summed E-state index contributed by atoms with van der Waals surface area (Å²) >= 11 is 0. The normalized spacial score (nSPS) is 11.7. The van der Waals surface area contributed by atoms with Crippen LogP contribution in [-0.2, 0) is 6.42 Å². The number of aromatic nitrogens is 1. The van der Waals surface area contributed by atoms with Crippen LogP contribution in [0.2, 0.25) is 0 Å². The number of nitriles is 1. The third-order valence-electron chi connectivity index (χ3n) is 2.98. The molecule has 0 aliphatic heterocycles. The molecule has 0 aliphatic rings. The van der Waals surface area contributed by atoms with E-state index in [1.807, 2.05) is 18.2 Å². The number of nitrogens with one attached hydrogen (secondary N) is 1. The number of nitrogens with zero attached hydrogens (tertiary/aromatic N) is 2. The highest BCUT2D eigenvalue weighted by Crippen LogP contribution is 2.10. The standard InChI is InChI=1S/C16H17N3/c17-12-16(15-9-5-10-18-13-15)19-11-4-8-14-6-2-1-3-7-14/h1-3,5-7,9-10,13,16,19H,4,8,11H2. The second-order valence-electron chi connectivity index (χ2n) is 4.39. The first kappa shape index (κ1) is 13.3. The van der Waals surface area contributed by atoms with Crippen LogP contribution in [0.25, 0.3) is 0 Å². The molecule has 0 aliphatic carbocycles. The summed E-state index contributed by atoms with van der Waals surface area (Å²) in [5.74, 6) is 0. The van der Waals surface area contributed by atoms with Gasteiger partial charge >= 0.3 is 0 Å². The van der Waals surface area contributed by atoms with E-state index in [0.717, 1.165) is 24.9 Å². The second-order valence-corrected chi connectivity index (χ2v) is 4.39. The van der Waals surface area contributed by atoms with E-state index in [1.54, 1.807) is 12.4 Å². The van der Waals surface area contributed by atoms with E-state index < -0.39 is 0 Å². The average molecular weight is 251 g/mol. The summed E-state index contributed by atoms with van der Waals surface area (Å²) in [6, 6.07) is 16.2. The Hall–Kier alpha value is -2.18. The van der Waals surface area contributed by atoms with Crippen molar-refractivity contribution >= 4 is 0 Å². The molecule has 1 heterocycles. The van der Waals surface area contributed by atoms with Gasteiger partial charge in [0.15, 0.2) is 0 Å². The Bertz CT molecular complexity index is 517. The smallest absolute Gasteiger partial charge is 0.122 e. The lowest BCUT2D eigenvalue weighted by molar-refractivity contribution is 0.602. The van der Waals surface area contributed by atoms with Crippen molar-refractivity contribution < 1.29 is 0 Å². The number of rotatable bonds is 6. The first-order chi connectivity index (χ1) is 9.40. The first-order valence-corrected chi connectivity index (χ1v) is 6.47. The monoisotopic (exact) mass is 251 g/mol. The minimum atomic E-state index is -0.274. The van der Waals surface area contributed by atoms with Crippen LogP contribution in [0.15, 0.2) is 54.9 Å². The van der Waals surface area contributed by atoms with Gasteiger partial charge in [0.05, 0.1) is 6.07 Å². The third kappa shape index (κ3) is 4.20. The molecule has 1 N–H and O–H groups in total. The van der Waals surface area contributed by atoms with Crippen LogP contribution < -0.4 is 5.32 Å². The summed E-state index contributed by atoms with van der Waals surface area (Å²) in [7, 11) is 0. The van der Waals surface area contributed by atoms with Crippen LogP contribution in [-0.4, -0.2) is 11.5 Å². The Labute approximate surface area is 113 Å². The fourth-order valence-electron chi connectivity index (χ4n) is 1.97. The molecule has 1 unspecified atom stereocenters. The van der Waals surface area contributed by atoms with Crippen LogP contribution in [0, 0.1) is 11.3 Å². The van der Waals surface area contributed by atoms with Gasteiger partial charge in [-0.15, -0.1) is 0 Å². The Morgan fingerprint density at radius 1 is 1.16 bits per heavy atom. The molecular weight excluding hydrogens is 234 g/mol. The molecule has 1 aromatic carbocycles. The quantitative estimate of drug-likeness (QED) is 0.803. The van der Waals surface area contributed by atoms with E-state index in [2.05, 4.69) is 40.6 Å². The second kappa shape index (κ2) is 7.30. The minimum absolute atomic E-state index is 0.274. The van der Waals surface area contributed by atoms with E-state index in [1.165, 1.54) is 5.56 Å². The van der Waals surface area contributed by atoms with Crippen molar-refractivity contribution in [1.29, 1.82) is 5.26 Å². The zero-order valence-corrected chi connectivity index (χ0v) is 10.8. The van der Waals surface area contributed by atoms with Crippen LogP contribution in [0.1, 0.15) is 23.6 Å². The van der Waals surface area contributed by atoms with Crippen molar-refractivity contribution in [3.05, 3.63) is 66.0 Å². The maximum atomic E-state index is 9.16. The van der Waals surface area contributed by atoms with Gasteiger partial charge in [-0.2, -0.15) is 5.26 Å². The average Bonchev–Trinajstić information content (AvgIpc) is 2.49. The summed E-state index contributed by atoms with van der Waals surface area (Å²) in [6.07, 6.45) is 5.49. The van der Waals surface area contributed by atoms with Crippen molar-refractivity contribution in [3.63, 3.8) is 0 Å². The number of benzene rings is 1. The number of aryl methyl sites for hydroxylation is 1. The zero-order chi connectivity index (χ0) is 13.3. The van der Waals surface area contributed by atoms with E-state index >= 15 is 0 Å². The molecule has 0 saturated heterocycles. The highest BCUT2D eigenvalue weighted by molar-refractivity contribution is 5.20. The number of hydrogen-bond donors (Lipinski definition) is 1.